The molecule has 17 heavy (non-hydrogen) atoms. The molecule has 0 N–H and O–H groups in total. The fraction of sp³-hybridized carbons (Fsp3) is 0.533. The predicted octanol–water partition coefficient (Wildman–Crippen LogP) is 3.78. The third kappa shape index (κ3) is 5.53. The van der Waals surface area contributed by atoms with E-state index in [4.69, 9.17) is 4.74 Å². The summed E-state index contributed by atoms with van der Waals surface area (Å²) in [5, 5.41) is 0. The highest BCUT2D eigenvalue weighted by atomic mass is 16.5. The Morgan fingerprint density at radius 3 is 2.41 bits per heavy atom. The van der Waals surface area contributed by atoms with Crippen LogP contribution in [-0.4, -0.2) is 12.9 Å². The summed E-state index contributed by atoms with van der Waals surface area (Å²) in [5.41, 5.74) is 1.08. The van der Waals surface area contributed by atoms with Gasteiger partial charge >= 0.3 is 0 Å². The first kappa shape index (κ1) is 13.8. The summed E-state index contributed by atoms with van der Waals surface area (Å²) in [7, 11) is 1.65. The number of ketones is 1. The van der Waals surface area contributed by atoms with Gasteiger partial charge in [0.25, 0.3) is 0 Å². The molecular formula is C15H22O2. The van der Waals surface area contributed by atoms with Crippen molar-refractivity contribution in [2.45, 2.75) is 45.4 Å². The highest BCUT2D eigenvalue weighted by Crippen LogP contribution is 2.13. The van der Waals surface area contributed by atoms with Crippen LogP contribution in [0.2, 0.25) is 0 Å². The van der Waals surface area contributed by atoms with Crippen LogP contribution in [0, 0.1) is 0 Å². The number of hydrogen-bond donors (Lipinski definition) is 0. The van der Waals surface area contributed by atoms with Crippen LogP contribution in [0.15, 0.2) is 24.3 Å². The molecule has 1 aromatic rings. The molecule has 0 atom stereocenters. The summed E-state index contributed by atoms with van der Waals surface area (Å²) < 4.78 is 5.08. The highest BCUT2D eigenvalue weighted by molar-refractivity contribution is 5.80. The molecule has 0 aliphatic carbocycles. The van der Waals surface area contributed by atoms with Crippen LogP contribution < -0.4 is 4.74 Å². The number of carbonyl (C=O) groups is 1. The topological polar surface area (TPSA) is 26.3 Å². The standard InChI is InChI=1S/C15H22O2/c1-3-4-5-6-7-14(16)12-13-8-10-15(17-2)11-9-13/h8-11H,3-7,12H2,1-2H3. The number of ether oxygens (including phenoxy) is 1. The zero-order valence-corrected chi connectivity index (χ0v) is 10.9. The second-order valence-corrected chi connectivity index (χ2v) is 4.37. The third-order valence-electron chi connectivity index (χ3n) is 2.87. The van der Waals surface area contributed by atoms with Gasteiger partial charge in [-0.05, 0) is 24.1 Å². The Labute approximate surface area is 104 Å². The molecule has 0 aliphatic rings. The summed E-state index contributed by atoms with van der Waals surface area (Å²) in [6.07, 6.45) is 5.91. The number of Topliss-reactive ketones (excluding diaryl/α,β-unsaturated/α-hetero) is 1. The minimum atomic E-state index is 0.339. The van der Waals surface area contributed by atoms with Gasteiger partial charge in [-0.1, -0.05) is 38.3 Å². The van der Waals surface area contributed by atoms with E-state index in [-0.39, 0.29) is 0 Å². The lowest BCUT2D eigenvalue weighted by molar-refractivity contribution is -0.118. The number of carbonyl (C=O) groups excluding carboxylic acids is 1. The summed E-state index contributed by atoms with van der Waals surface area (Å²) >= 11 is 0. The van der Waals surface area contributed by atoms with Crippen molar-refractivity contribution in [3.8, 4) is 5.75 Å². The fourth-order valence-electron chi connectivity index (χ4n) is 1.81. The van der Waals surface area contributed by atoms with Crippen LogP contribution >= 0.6 is 0 Å². The van der Waals surface area contributed by atoms with E-state index in [1.165, 1.54) is 19.3 Å². The Balaban J connectivity index is 2.29. The predicted molar refractivity (Wildman–Crippen MR) is 70.5 cm³/mol. The Hall–Kier alpha value is -1.31. The molecular weight excluding hydrogens is 212 g/mol. The van der Waals surface area contributed by atoms with Crippen LogP contribution in [-0.2, 0) is 11.2 Å². The van der Waals surface area contributed by atoms with E-state index in [1.807, 2.05) is 24.3 Å². The van der Waals surface area contributed by atoms with Gasteiger partial charge in [-0.25, -0.2) is 0 Å². The molecule has 0 amide bonds. The molecule has 0 aromatic heterocycles. The zero-order chi connectivity index (χ0) is 12.5. The Morgan fingerprint density at radius 2 is 1.82 bits per heavy atom. The Bertz CT molecular complexity index is 327. The van der Waals surface area contributed by atoms with Gasteiger partial charge in [-0.2, -0.15) is 0 Å². The average Bonchev–Trinajstić information content (AvgIpc) is 2.36. The number of rotatable bonds is 8. The molecule has 0 radical (unpaired) electrons. The lowest BCUT2D eigenvalue weighted by Gasteiger charge is -2.03. The van der Waals surface area contributed by atoms with E-state index in [1.54, 1.807) is 7.11 Å². The van der Waals surface area contributed by atoms with Crippen LogP contribution in [0.4, 0.5) is 0 Å². The number of benzene rings is 1. The summed E-state index contributed by atoms with van der Waals surface area (Å²) in [6.45, 7) is 2.18. The van der Waals surface area contributed by atoms with Crippen LogP contribution in [0.1, 0.15) is 44.6 Å². The molecule has 0 unspecified atom stereocenters. The van der Waals surface area contributed by atoms with E-state index >= 15 is 0 Å². The normalized spacial score (nSPS) is 10.2. The SMILES string of the molecule is CCCCCCC(=O)Cc1ccc(OC)cc1. The monoisotopic (exact) mass is 234 g/mol. The summed E-state index contributed by atoms with van der Waals surface area (Å²) in [6, 6.07) is 7.73. The van der Waals surface area contributed by atoms with Crippen molar-refractivity contribution in [2.24, 2.45) is 0 Å². The van der Waals surface area contributed by atoms with Crippen LogP contribution in [0.5, 0.6) is 5.75 Å². The van der Waals surface area contributed by atoms with Gasteiger partial charge in [0.15, 0.2) is 0 Å². The average molecular weight is 234 g/mol. The Kier molecular flexibility index (Phi) is 6.38. The minimum absolute atomic E-state index is 0.339. The fourth-order valence-corrected chi connectivity index (χ4v) is 1.81. The first-order chi connectivity index (χ1) is 8.26. The van der Waals surface area contributed by atoms with Gasteiger partial charge < -0.3 is 4.74 Å². The number of methoxy groups -OCH3 is 1. The van der Waals surface area contributed by atoms with Gasteiger partial charge in [0.2, 0.25) is 0 Å². The van der Waals surface area contributed by atoms with E-state index in [9.17, 15) is 4.79 Å². The quantitative estimate of drug-likeness (QED) is 0.640. The third-order valence-corrected chi connectivity index (χ3v) is 2.87. The van der Waals surface area contributed by atoms with Gasteiger partial charge in [0.1, 0.15) is 11.5 Å². The second-order valence-electron chi connectivity index (χ2n) is 4.37. The first-order valence-electron chi connectivity index (χ1n) is 6.41. The van der Waals surface area contributed by atoms with E-state index < -0.39 is 0 Å². The lowest BCUT2D eigenvalue weighted by atomic mass is 10.0. The van der Waals surface area contributed by atoms with Crippen molar-refractivity contribution in [1.82, 2.24) is 0 Å². The summed E-state index contributed by atoms with van der Waals surface area (Å²) in [5.74, 6) is 1.18. The van der Waals surface area contributed by atoms with Crippen molar-refractivity contribution in [1.29, 1.82) is 0 Å². The van der Waals surface area contributed by atoms with Crippen molar-refractivity contribution in [2.75, 3.05) is 7.11 Å². The lowest BCUT2D eigenvalue weighted by Crippen LogP contribution is -2.02. The molecule has 0 saturated heterocycles. The van der Waals surface area contributed by atoms with Gasteiger partial charge in [0.05, 0.1) is 7.11 Å². The molecule has 0 aliphatic heterocycles. The second kappa shape index (κ2) is 7.88. The molecule has 0 heterocycles. The molecule has 0 saturated carbocycles. The molecule has 94 valence electrons. The van der Waals surface area contributed by atoms with Crippen molar-refractivity contribution < 1.29 is 9.53 Å². The molecule has 0 fully saturated rings. The largest absolute Gasteiger partial charge is 0.497 e. The maximum atomic E-state index is 11.7. The van der Waals surface area contributed by atoms with Crippen molar-refractivity contribution in [3.05, 3.63) is 29.8 Å². The van der Waals surface area contributed by atoms with Crippen LogP contribution in [0.3, 0.4) is 0 Å². The Morgan fingerprint density at radius 1 is 1.12 bits per heavy atom. The zero-order valence-electron chi connectivity index (χ0n) is 10.9. The van der Waals surface area contributed by atoms with Gasteiger partial charge in [0, 0.05) is 12.8 Å². The maximum Gasteiger partial charge on any atom is 0.137 e. The molecule has 2 nitrogen and oxygen atoms in total. The van der Waals surface area contributed by atoms with Gasteiger partial charge in [-0.15, -0.1) is 0 Å². The smallest absolute Gasteiger partial charge is 0.137 e. The molecule has 0 spiro atoms. The van der Waals surface area contributed by atoms with Crippen molar-refractivity contribution >= 4 is 5.78 Å². The summed E-state index contributed by atoms with van der Waals surface area (Å²) in [4.78, 5) is 11.7. The number of unbranched alkanes of at least 4 members (excludes halogenated alkanes) is 3. The van der Waals surface area contributed by atoms with E-state index in [0.717, 1.165) is 17.7 Å². The molecule has 2 heteroatoms. The van der Waals surface area contributed by atoms with Crippen LogP contribution in [0.25, 0.3) is 0 Å². The maximum absolute atomic E-state index is 11.7. The van der Waals surface area contributed by atoms with E-state index in [2.05, 4.69) is 6.92 Å². The number of hydrogen-bond acceptors (Lipinski definition) is 2. The van der Waals surface area contributed by atoms with Crippen molar-refractivity contribution in [3.63, 3.8) is 0 Å². The van der Waals surface area contributed by atoms with E-state index in [0.29, 0.717) is 18.6 Å². The molecule has 1 rings (SSSR count). The first-order valence-corrected chi connectivity index (χ1v) is 6.41. The molecule has 1 aromatic carbocycles. The van der Waals surface area contributed by atoms with Gasteiger partial charge in [-0.3, -0.25) is 4.79 Å². The highest BCUT2D eigenvalue weighted by Gasteiger charge is 2.03. The minimum Gasteiger partial charge on any atom is -0.497 e. The molecule has 0 bridgehead atoms.